The maximum Gasteiger partial charge on any atom is 0.128 e. The molecule has 0 radical (unpaired) electrons. The van der Waals surface area contributed by atoms with E-state index >= 15 is 0 Å². The van der Waals surface area contributed by atoms with Crippen molar-refractivity contribution >= 4 is 0 Å². The highest BCUT2D eigenvalue weighted by Gasteiger charge is 2.17. The van der Waals surface area contributed by atoms with E-state index < -0.39 is 0 Å². The predicted octanol–water partition coefficient (Wildman–Crippen LogP) is 3.69. The van der Waals surface area contributed by atoms with E-state index in [1.165, 1.54) is 5.56 Å². The van der Waals surface area contributed by atoms with E-state index in [-0.39, 0.29) is 6.04 Å². The van der Waals surface area contributed by atoms with Crippen LogP contribution in [0.4, 0.5) is 0 Å². The summed E-state index contributed by atoms with van der Waals surface area (Å²) in [6, 6.07) is 10.2. The molecule has 3 nitrogen and oxygen atoms in total. The van der Waals surface area contributed by atoms with Gasteiger partial charge in [-0.05, 0) is 49.7 Å². The first-order valence-corrected chi connectivity index (χ1v) is 6.70. The molecule has 2 rings (SSSR count). The van der Waals surface area contributed by atoms with E-state index in [1.54, 1.807) is 6.26 Å². The topological polar surface area (TPSA) is 34.4 Å². The third kappa shape index (κ3) is 3.18. The van der Waals surface area contributed by atoms with Gasteiger partial charge in [-0.1, -0.05) is 19.1 Å². The van der Waals surface area contributed by atoms with Crippen molar-refractivity contribution < 1.29 is 9.15 Å². The second-order valence-corrected chi connectivity index (χ2v) is 4.61. The Labute approximate surface area is 114 Å². The minimum Gasteiger partial charge on any atom is -0.494 e. The van der Waals surface area contributed by atoms with Gasteiger partial charge in [0.2, 0.25) is 0 Å². The molecule has 19 heavy (non-hydrogen) atoms. The standard InChI is InChI=1S/C16H21NO2/c1-4-10-18-14-7-5-13(6-8-14)15(17-3)16-12(2)9-11-19-16/h5-9,11,15,17H,4,10H2,1-3H3. The van der Waals surface area contributed by atoms with E-state index in [0.29, 0.717) is 0 Å². The summed E-state index contributed by atoms with van der Waals surface area (Å²) in [5, 5.41) is 3.29. The molecule has 0 fully saturated rings. The van der Waals surface area contributed by atoms with Crippen LogP contribution in [0.25, 0.3) is 0 Å². The zero-order chi connectivity index (χ0) is 13.7. The highest BCUT2D eigenvalue weighted by atomic mass is 16.5. The molecule has 102 valence electrons. The van der Waals surface area contributed by atoms with Crippen LogP contribution in [-0.4, -0.2) is 13.7 Å². The van der Waals surface area contributed by atoms with Gasteiger partial charge in [0, 0.05) is 0 Å². The number of hydrogen-bond acceptors (Lipinski definition) is 3. The third-order valence-electron chi connectivity index (χ3n) is 3.14. The van der Waals surface area contributed by atoms with Gasteiger partial charge in [0.25, 0.3) is 0 Å². The zero-order valence-electron chi connectivity index (χ0n) is 11.8. The number of hydrogen-bond donors (Lipinski definition) is 1. The quantitative estimate of drug-likeness (QED) is 0.859. The largest absolute Gasteiger partial charge is 0.494 e. The van der Waals surface area contributed by atoms with Crippen molar-refractivity contribution in [2.45, 2.75) is 26.3 Å². The molecule has 0 bridgehead atoms. The van der Waals surface area contributed by atoms with E-state index in [4.69, 9.17) is 9.15 Å². The van der Waals surface area contributed by atoms with Gasteiger partial charge < -0.3 is 14.5 Å². The molecule has 1 N–H and O–H groups in total. The van der Waals surface area contributed by atoms with E-state index in [1.807, 2.05) is 25.2 Å². The van der Waals surface area contributed by atoms with Gasteiger partial charge in [0.05, 0.1) is 18.9 Å². The minimum atomic E-state index is 0.0789. The molecular formula is C16H21NO2. The molecule has 1 aromatic carbocycles. The predicted molar refractivity (Wildman–Crippen MR) is 76.6 cm³/mol. The van der Waals surface area contributed by atoms with Crippen LogP contribution >= 0.6 is 0 Å². The molecule has 0 saturated heterocycles. The Hall–Kier alpha value is -1.74. The molecule has 0 aliphatic rings. The molecule has 1 aromatic heterocycles. The van der Waals surface area contributed by atoms with Crippen molar-refractivity contribution in [2.75, 3.05) is 13.7 Å². The summed E-state index contributed by atoms with van der Waals surface area (Å²) in [5.74, 6) is 1.88. The molecule has 0 aliphatic heterocycles. The summed E-state index contributed by atoms with van der Waals surface area (Å²) in [5.41, 5.74) is 2.33. The van der Waals surface area contributed by atoms with E-state index in [2.05, 4.69) is 31.3 Å². The van der Waals surface area contributed by atoms with Gasteiger partial charge in [0.15, 0.2) is 0 Å². The van der Waals surface area contributed by atoms with Gasteiger partial charge in [-0.2, -0.15) is 0 Å². The van der Waals surface area contributed by atoms with Crippen molar-refractivity contribution in [3.8, 4) is 5.75 Å². The summed E-state index contributed by atoms with van der Waals surface area (Å²) in [4.78, 5) is 0. The average molecular weight is 259 g/mol. The van der Waals surface area contributed by atoms with Gasteiger partial charge in [-0.15, -0.1) is 0 Å². The number of furan rings is 1. The minimum absolute atomic E-state index is 0.0789. The summed E-state index contributed by atoms with van der Waals surface area (Å²) in [6.45, 7) is 4.92. The molecule has 0 spiro atoms. The molecule has 0 aliphatic carbocycles. The van der Waals surface area contributed by atoms with Gasteiger partial charge in [-0.25, -0.2) is 0 Å². The molecular weight excluding hydrogens is 238 g/mol. The summed E-state index contributed by atoms with van der Waals surface area (Å²) < 4.78 is 11.2. The highest BCUT2D eigenvalue weighted by molar-refractivity contribution is 5.34. The SMILES string of the molecule is CCCOc1ccc(C(NC)c2occc2C)cc1. The van der Waals surface area contributed by atoms with Gasteiger partial charge >= 0.3 is 0 Å². The smallest absolute Gasteiger partial charge is 0.128 e. The van der Waals surface area contributed by atoms with Crippen molar-refractivity contribution in [3.63, 3.8) is 0 Å². The van der Waals surface area contributed by atoms with Crippen LogP contribution in [0.2, 0.25) is 0 Å². The lowest BCUT2D eigenvalue weighted by molar-refractivity contribution is 0.317. The Bertz CT molecular complexity index is 502. The number of nitrogens with one attached hydrogen (secondary N) is 1. The fourth-order valence-electron chi connectivity index (χ4n) is 2.11. The second-order valence-electron chi connectivity index (χ2n) is 4.61. The van der Waals surface area contributed by atoms with Crippen molar-refractivity contribution in [2.24, 2.45) is 0 Å². The number of rotatable bonds is 6. The normalized spacial score (nSPS) is 12.4. The number of benzene rings is 1. The number of ether oxygens (including phenoxy) is 1. The van der Waals surface area contributed by atoms with Crippen LogP contribution in [0.1, 0.15) is 36.3 Å². The van der Waals surface area contributed by atoms with Crippen LogP contribution in [0.5, 0.6) is 5.75 Å². The van der Waals surface area contributed by atoms with Crippen LogP contribution in [0.3, 0.4) is 0 Å². The first-order valence-electron chi connectivity index (χ1n) is 6.70. The van der Waals surface area contributed by atoms with Crippen LogP contribution < -0.4 is 10.1 Å². The molecule has 1 unspecified atom stereocenters. The zero-order valence-corrected chi connectivity index (χ0v) is 11.8. The Morgan fingerprint density at radius 3 is 2.47 bits per heavy atom. The van der Waals surface area contributed by atoms with E-state index in [9.17, 15) is 0 Å². The maximum absolute atomic E-state index is 5.59. The molecule has 0 saturated carbocycles. The van der Waals surface area contributed by atoms with Crippen molar-refractivity contribution in [3.05, 3.63) is 53.5 Å². The summed E-state index contributed by atoms with van der Waals surface area (Å²) in [6.07, 6.45) is 2.75. The Morgan fingerprint density at radius 1 is 1.21 bits per heavy atom. The average Bonchev–Trinajstić information content (AvgIpc) is 2.85. The van der Waals surface area contributed by atoms with Crippen molar-refractivity contribution in [1.29, 1.82) is 0 Å². The molecule has 1 heterocycles. The summed E-state index contributed by atoms with van der Waals surface area (Å²) in [7, 11) is 1.94. The third-order valence-corrected chi connectivity index (χ3v) is 3.14. The lowest BCUT2D eigenvalue weighted by atomic mass is 10.0. The fraction of sp³-hybridized carbons (Fsp3) is 0.375. The Morgan fingerprint density at radius 2 is 1.95 bits per heavy atom. The monoisotopic (exact) mass is 259 g/mol. The van der Waals surface area contributed by atoms with Crippen LogP contribution in [0, 0.1) is 6.92 Å². The first-order chi connectivity index (χ1) is 9.26. The van der Waals surface area contributed by atoms with E-state index in [0.717, 1.165) is 30.1 Å². The molecule has 1 atom stereocenters. The van der Waals surface area contributed by atoms with Gasteiger partial charge in [-0.3, -0.25) is 0 Å². The number of aryl methyl sites for hydroxylation is 1. The highest BCUT2D eigenvalue weighted by Crippen LogP contribution is 2.26. The van der Waals surface area contributed by atoms with Crippen LogP contribution in [-0.2, 0) is 0 Å². The lowest BCUT2D eigenvalue weighted by Gasteiger charge is -2.16. The molecule has 0 amide bonds. The molecule has 3 heteroatoms. The first kappa shape index (κ1) is 13.7. The van der Waals surface area contributed by atoms with Crippen molar-refractivity contribution in [1.82, 2.24) is 5.32 Å². The Kier molecular flexibility index (Phi) is 4.63. The maximum atomic E-state index is 5.59. The Balaban J connectivity index is 2.18. The lowest BCUT2D eigenvalue weighted by Crippen LogP contribution is -2.17. The fourth-order valence-corrected chi connectivity index (χ4v) is 2.11. The van der Waals surface area contributed by atoms with Gasteiger partial charge in [0.1, 0.15) is 11.5 Å². The second kappa shape index (κ2) is 6.43. The molecule has 2 aromatic rings. The summed E-state index contributed by atoms with van der Waals surface area (Å²) >= 11 is 0. The van der Waals surface area contributed by atoms with Crippen LogP contribution in [0.15, 0.2) is 41.0 Å².